The van der Waals surface area contributed by atoms with Crippen LogP contribution in [0.25, 0.3) is 6.08 Å². The normalized spacial score (nSPS) is 20.1. The van der Waals surface area contributed by atoms with Gasteiger partial charge in [0.1, 0.15) is 5.82 Å². The van der Waals surface area contributed by atoms with Gasteiger partial charge in [-0.2, -0.15) is 0 Å². The molecule has 2 amide bonds. The lowest BCUT2D eigenvalue weighted by Gasteiger charge is -2.23. The Balaban J connectivity index is 1.94. The van der Waals surface area contributed by atoms with E-state index >= 15 is 0 Å². The third kappa shape index (κ3) is 6.42. The highest BCUT2D eigenvalue weighted by atomic mass is 32.2. The summed E-state index contributed by atoms with van der Waals surface area (Å²) in [6, 6.07) is 7.91. The summed E-state index contributed by atoms with van der Waals surface area (Å²) in [7, 11) is 2.16. The molecule has 0 aliphatic carbocycles. The summed E-state index contributed by atoms with van der Waals surface area (Å²) >= 11 is 0.928. The summed E-state index contributed by atoms with van der Waals surface area (Å²) in [5, 5.41) is 1.96. The minimum atomic E-state index is -0.346. The number of carbonyl (C=O) groups is 2. The minimum Gasteiger partial charge on any atom is -0.356 e. The lowest BCUT2D eigenvalue weighted by atomic mass is 10.0. The van der Waals surface area contributed by atoms with E-state index < -0.39 is 0 Å². The first kappa shape index (κ1) is 23.0. The number of imide groups is 1. The SMILES string of the molecule is C/C=C(\N=C(/C=C(C)C)c1cccc(/C=C2\SC(=O)NC2=O)c1)N1CCCN(C)CC1. The van der Waals surface area contributed by atoms with Crippen LogP contribution in [0.2, 0.25) is 0 Å². The number of rotatable bonds is 5. The maximum atomic E-state index is 11.9. The van der Waals surface area contributed by atoms with E-state index in [0.29, 0.717) is 4.91 Å². The Morgan fingerprint density at radius 2 is 1.97 bits per heavy atom. The lowest BCUT2D eigenvalue weighted by Crippen LogP contribution is -2.28. The molecule has 3 rings (SSSR count). The van der Waals surface area contributed by atoms with Crippen LogP contribution in [-0.2, 0) is 4.79 Å². The van der Waals surface area contributed by atoms with Crippen molar-refractivity contribution >= 4 is 34.7 Å². The van der Waals surface area contributed by atoms with E-state index in [0.717, 1.165) is 72.6 Å². The molecule has 0 bridgehead atoms. The average Bonchev–Trinajstić information content (AvgIpc) is 2.90. The number of hydrogen-bond donors (Lipinski definition) is 1. The zero-order chi connectivity index (χ0) is 22.4. The highest BCUT2D eigenvalue weighted by molar-refractivity contribution is 8.18. The highest BCUT2D eigenvalue weighted by Crippen LogP contribution is 2.26. The minimum absolute atomic E-state index is 0.333. The van der Waals surface area contributed by atoms with Gasteiger partial charge in [-0.1, -0.05) is 23.8 Å². The molecule has 1 aromatic carbocycles. The number of thioether (sulfide) groups is 1. The topological polar surface area (TPSA) is 65.0 Å². The van der Waals surface area contributed by atoms with Crippen molar-refractivity contribution in [1.29, 1.82) is 0 Å². The number of allylic oxidation sites excluding steroid dienone is 3. The van der Waals surface area contributed by atoms with Crippen LogP contribution >= 0.6 is 11.8 Å². The summed E-state index contributed by atoms with van der Waals surface area (Å²) in [4.78, 5) is 33.5. The lowest BCUT2D eigenvalue weighted by molar-refractivity contribution is -0.115. The number of nitrogens with zero attached hydrogens (tertiary/aromatic N) is 3. The number of amides is 2. The number of aliphatic imine (C=N–C) groups is 1. The van der Waals surface area contributed by atoms with Crippen molar-refractivity contribution in [1.82, 2.24) is 15.1 Å². The van der Waals surface area contributed by atoms with Gasteiger partial charge >= 0.3 is 0 Å². The van der Waals surface area contributed by atoms with Gasteiger partial charge in [0.25, 0.3) is 11.1 Å². The quantitative estimate of drug-likeness (QED) is 0.550. The second kappa shape index (κ2) is 10.6. The first-order chi connectivity index (χ1) is 14.9. The molecule has 0 saturated carbocycles. The Morgan fingerprint density at radius 3 is 2.65 bits per heavy atom. The third-order valence-corrected chi connectivity index (χ3v) is 5.89. The molecule has 31 heavy (non-hydrogen) atoms. The van der Waals surface area contributed by atoms with Crippen molar-refractivity contribution in [3.05, 3.63) is 63.8 Å². The second-order valence-corrected chi connectivity index (χ2v) is 9.00. The molecule has 7 heteroatoms. The molecule has 2 fully saturated rings. The number of nitrogens with one attached hydrogen (secondary N) is 1. The fraction of sp³-hybridized carbons (Fsp3) is 0.375. The van der Waals surface area contributed by atoms with Gasteiger partial charge in [-0.3, -0.25) is 14.9 Å². The Hall–Kier alpha value is -2.64. The Kier molecular flexibility index (Phi) is 7.87. The predicted octanol–water partition coefficient (Wildman–Crippen LogP) is 4.26. The van der Waals surface area contributed by atoms with E-state index in [-0.39, 0.29) is 11.1 Å². The summed E-state index contributed by atoms with van der Waals surface area (Å²) in [6.07, 6.45) is 7.01. The molecule has 0 radical (unpaired) electrons. The van der Waals surface area contributed by atoms with Crippen LogP contribution in [0.3, 0.4) is 0 Å². The Bertz CT molecular complexity index is 974. The first-order valence-corrected chi connectivity index (χ1v) is 11.4. The summed E-state index contributed by atoms with van der Waals surface area (Å²) in [6.45, 7) is 10.2. The standard InChI is InChI=1S/C24H30N4O2S/c1-5-22(28-11-7-10-27(4)12-13-28)25-20(14-17(2)3)19-9-6-8-18(15-19)16-21-23(29)26-24(30)31-21/h5-6,8-9,14-16H,7,10-13H2,1-4H3,(H,26,29,30)/b21-16-,22-5+,25-20+. The fourth-order valence-corrected chi connectivity index (χ4v) is 4.21. The molecule has 2 saturated heterocycles. The molecule has 2 aliphatic heterocycles. The van der Waals surface area contributed by atoms with Crippen LogP contribution in [0.5, 0.6) is 0 Å². The van der Waals surface area contributed by atoms with E-state index in [4.69, 9.17) is 4.99 Å². The predicted molar refractivity (Wildman–Crippen MR) is 129 cm³/mol. The van der Waals surface area contributed by atoms with Crippen LogP contribution < -0.4 is 5.32 Å². The molecule has 1 aromatic rings. The molecular weight excluding hydrogens is 408 g/mol. The zero-order valence-corrected chi connectivity index (χ0v) is 19.5. The van der Waals surface area contributed by atoms with Crippen LogP contribution in [-0.4, -0.2) is 59.9 Å². The molecule has 164 valence electrons. The number of carbonyl (C=O) groups excluding carboxylic acids is 2. The van der Waals surface area contributed by atoms with Gasteiger partial charge in [-0.05, 0) is 82.4 Å². The molecule has 0 aromatic heterocycles. The van der Waals surface area contributed by atoms with Crippen molar-refractivity contribution in [2.24, 2.45) is 4.99 Å². The number of benzene rings is 1. The largest absolute Gasteiger partial charge is 0.356 e. The van der Waals surface area contributed by atoms with Gasteiger partial charge in [0, 0.05) is 25.2 Å². The summed E-state index contributed by atoms with van der Waals surface area (Å²) in [5.74, 6) is 0.629. The van der Waals surface area contributed by atoms with Gasteiger partial charge in [0.2, 0.25) is 0 Å². The molecule has 2 heterocycles. The number of hydrogen-bond acceptors (Lipinski definition) is 6. The van der Waals surface area contributed by atoms with E-state index in [1.165, 1.54) is 0 Å². The molecule has 0 unspecified atom stereocenters. The third-order valence-electron chi connectivity index (χ3n) is 5.08. The monoisotopic (exact) mass is 438 g/mol. The van der Waals surface area contributed by atoms with Crippen molar-refractivity contribution in [3.63, 3.8) is 0 Å². The Morgan fingerprint density at radius 1 is 1.16 bits per heavy atom. The van der Waals surface area contributed by atoms with E-state index in [2.05, 4.69) is 48.2 Å². The van der Waals surface area contributed by atoms with Gasteiger partial charge in [0.05, 0.1) is 10.6 Å². The van der Waals surface area contributed by atoms with Crippen molar-refractivity contribution in [3.8, 4) is 0 Å². The van der Waals surface area contributed by atoms with Gasteiger partial charge in [-0.25, -0.2) is 4.99 Å². The molecular formula is C24H30N4O2S. The van der Waals surface area contributed by atoms with Gasteiger partial charge in [0.15, 0.2) is 0 Å². The molecule has 1 N–H and O–H groups in total. The van der Waals surface area contributed by atoms with Crippen LogP contribution in [0, 0.1) is 0 Å². The summed E-state index contributed by atoms with van der Waals surface area (Å²) in [5.41, 5.74) is 3.87. The Labute approximate surface area is 188 Å². The zero-order valence-electron chi connectivity index (χ0n) is 18.6. The maximum absolute atomic E-state index is 11.9. The smallest absolute Gasteiger partial charge is 0.290 e. The van der Waals surface area contributed by atoms with Crippen LogP contribution in [0.4, 0.5) is 4.79 Å². The van der Waals surface area contributed by atoms with Crippen molar-refractivity contribution in [2.45, 2.75) is 27.2 Å². The first-order valence-electron chi connectivity index (χ1n) is 10.5. The van der Waals surface area contributed by atoms with Crippen LogP contribution in [0.15, 0.2) is 57.7 Å². The fourth-order valence-electron chi connectivity index (χ4n) is 3.53. The van der Waals surface area contributed by atoms with Crippen molar-refractivity contribution < 1.29 is 9.59 Å². The second-order valence-electron chi connectivity index (χ2n) is 7.99. The summed E-state index contributed by atoms with van der Waals surface area (Å²) < 4.78 is 0. The van der Waals surface area contributed by atoms with Gasteiger partial charge in [-0.15, -0.1) is 0 Å². The highest BCUT2D eigenvalue weighted by Gasteiger charge is 2.25. The molecule has 2 aliphatic rings. The van der Waals surface area contributed by atoms with Gasteiger partial charge < -0.3 is 9.80 Å². The maximum Gasteiger partial charge on any atom is 0.290 e. The van der Waals surface area contributed by atoms with Crippen molar-refractivity contribution in [2.75, 3.05) is 33.2 Å². The van der Waals surface area contributed by atoms with E-state index in [1.54, 1.807) is 6.08 Å². The van der Waals surface area contributed by atoms with E-state index in [9.17, 15) is 9.59 Å². The number of likely N-dealkylation sites (N-methyl/N-ethyl adjacent to an activating group) is 1. The molecule has 0 atom stereocenters. The molecule has 6 nitrogen and oxygen atoms in total. The van der Waals surface area contributed by atoms with Crippen LogP contribution in [0.1, 0.15) is 38.3 Å². The van der Waals surface area contributed by atoms with E-state index in [1.807, 2.05) is 31.2 Å². The molecule has 0 spiro atoms. The average molecular weight is 439 g/mol.